The maximum absolute atomic E-state index is 9.60. The molecule has 3 nitrogen and oxygen atoms in total. The van der Waals surface area contributed by atoms with Crippen molar-refractivity contribution in [3.05, 3.63) is 22.6 Å². The second kappa shape index (κ2) is 5.42. The van der Waals surface area contributed by atoms with Crippen LogP contribution < -0.4 is 0 Å². The van der Waals surface area contributed by atoms with Gasteiger partial charge in [-0.2, -0.15) is 0 Å². The van der Waals surface area contributed by atoms with Gasteiger partial charge < -0.3 is 14.3 Å². The molecule has 1 N–H and O–H groups in total. The summed E-state index contributed by atoms with van der Waals surface area (Å²) >= 11 is 3.19. The topological polar surface area (TPSA) is 42.6 Å². The minimum absolute atomic E-state index is 0.311. The molecule has 1 atom stereocenters. The van der Waals surface area contributed by atoms with Crippen molar-refractivity contribution in [2.75, 3.05) is 13.2 Å². The van der Waals surface area contributed by atoms with Crippen molar-refractivity contribution in [2.24, 2.45) is 0 Å². The number of halogens is 1. The van der Waals surface area contributed by atoms with Gasteiger partial charge in [-0.15, -0.1) is 0 Å². The van der Waals surface area contributed by atoms with E-state index in [9.17, 15) is 5.11 Å². The van der Waals surface area contributed by atoms with Crippen LogP contribution >= 0.6 is 15.9 Å². The summed E-state index contributed by atoms with van der Waals surface area (Å²) in [4.78, 5) is 0. The summed E-state index contributed by atoms with van der Waals surface area (Å²) in [6.45, 7) is 3.01. The van der Waals surface area contributed by atoms with E-state index in [4.69, 9.17) is 9.15 Å². The number of furan rings is 1. The maximum atomic E-state index is 9.60. The fourth-order valence-corrected chi connectivity index (χ4v) is 1.48. The van der Waals surface area contributed by atoms with Gasteiger partial charge in [0.25, 0.3) is 0 Å². The average molecular weight is 249 g/mol. The highest BCUT2D eigenvalue weighted by atomic mass is 79.9. The number of ether oxygens (including phenoxy) is 1. The molecule has 0 amide bonds. The third-order valence-corrected chi connectivity index (χ3v) is 2.27. The van der Waals surface area contributed by atoms with Gasteiger partial charge in [-0.05, 0) is 28.4 Å². The van der Waals surface area contributed by atoms with Crippen LogP contribution in [0.15, 0.2) is 21.4 Å². The van der Waals surface area contributed by atoms with Crippen molar-refractivity contribution in [2.45, 2.75) is 19.4 Å². The highest BCUT2D eigenvalue weighted by Gasteiger charge is 2.13. The highest BCUT2D eigenvalue weighted by molar-refractivity contribution is 9.10. The Kier molecular flexibility index (Phi) is 4.48. The van der Waals surface area contributed by atoms with E-state index in [0.717, 1.165) is 12.0 Å². The first kappa shape index (κ1) is 10.8. The van der Waals surface area contributed by atoms with Gasteiger partial charge in [0.2, 0.25) is 0 Å². The van der Waals surface area contributed by atoms with E-state index in [1.54, 1.807) is 6.07 Å². The molecule has 0 spiro atoms. The first-order valence-corrected chi connectivity index (χ1v) is 5.03. The summed E-state index contributed by atoms with van der Waals surface area (Å²) in [5.74, 6) is 0. The van der Waals surface area contributed by atoms with E-state index in [1.165, 1.54) is 6.26 Å². The zero-order valence-electron chi connectivity index (χ0n) is 7.50. The number of hydrogen-bond acceptors (Lipinski definition) is 3. The monoisotopic (exact) mass is 248 g/mol. The molecule has 0 bridgehead atoms. The molecule has 0 aliphatic rings. The molecule has 4 heteroatoms. The summed E-state index contributed by atoms with van der Waals surface area (Å²) in [7, 11) is 0. The van der Waals surface area contributed by atoms with Crippen LogP contribution in [0.3, 0.4) is 0 Å². The average Bonchev–Trinajstić information content (AvgIpc) is 2.52. The summed E-state index contributed by atoms with van der Waals surface area (Å²) in [5.41, 5.74) is 0.733. The van der Waals surface area contributed by atoms with Crippen LogP contribution in [0.25, 0.3) is 0 Å². The van der Waals surface area contributed by atoms with Gasteiger partial charge in [0.1, 0.15) is 6.10 Å². The number of rotatable bonds is 5. The predicted octanol–water partition coefficient (Wildman–Crippen LogP) is 2.50. The van der Waals surface area contributed by atoms with E-state index in [0.29, 0.717) is 17.9 Å². The maximum Gasteiger partial charge on any atom is 0.174 e. The Morgan fingerprint density at radius 1 is 1.69 bits per heavy atom. The van der Waals surface area contributed by atoms with Gasteiger partial charge in [-0.1, -0.05) is 6.92 Å². The lowest BCUT2D eigenvalue weighted by Gasteiger charge is -2.08. The quantitative estimate of drug-likeness (QED) is 0.815. The second-order valence-electron chi connectivity index (χ2n) is 2.74. The van der Waals surface area contributed by atoms with Crippen molar-refractivity contribution >= 4 is 15.9 Å². The molecule has 0 aliphatic heterocycles. The van der Waals surface area contributed by atoms with Crippen LogP contribution in [0.2, 0.25) is 0 Å². The molecule has 1 rings (SSSR count). The third kappa shape index (κ3) is 3.14. The molecule has 0 saturated carbocycles. The molecular weight excluding hydrogens is 236 g/mol. The molecular formula is C9H13BrO3. The Morgan fingerprint density at radius 3 is 3.00 bits per heavy atom. The number of aliphatic hydroxyl groups is 1. The molecule has 0 saturated heterocycles. The molecule has 1 unspecified atom stereocenters. The fraction of sp³-hybridized carbons (Fsp3) is 0.556. The third-order valence-electron chi connectivity index (χ3n) is 1.63. The van der Waals surface area contributed by atoms with Gasteiger partial charge in [-0.3, -0.25) is 0 Å². The van der Waals surface area contributed by atoms with E-state index >= 15 is 0 Å². The standard InChI is InChI=1S/C9H13BrO3/c1-2-4-12-6-8(11)7-3-5-13-9(7)10/h3,5,8,11H,2,4,6H2,1H3. The van der Waals surface area contributed by atoms with Gasteiger partial charge >= 0.3 is 0 Å². The van der Waals surface area contributed by atoms with E-state index in [-0.39, 0.29) is 0 Å². The molecule has 0 fully saturated rings. The van der Waals surface area contributed by atoms with Crippen molar-refractivity contribution in [3.8, 4) is 0 Å². The highest BCUT2D eigenvalue weighted by Crippen LogP contribution is 2.24. The van der Waals surface area contributed by atoms with Crippen LogP contribution in [0.5, 0.6) is 0 Å². The molecule has 0 aromatic carbocycles. The first-order chi connectivity index (χ1) is 6.25. The Morgan fingerprint density at radius 2 is 2.46 bits per heavy atom. The molecule has 0 aliphatic carbocycles. The van der Waals surface area contributed by atoms with Crippen LogP contribution in [-0.2, 0) is 4.74 Å². The zero-order valence-corrected chi connectivity index (χ0v) is 9.08. The van der Waals surface area contributed by atoms with Gasteiger partial charge in [0, 0.05) is 12.2 Å². The molecule has 1 heterocycles. The van der Waals surface area contributed by atoms with Crippen molar-refractivity contribution in [1.29, 1.82) is 0 Å². The number of aliphatic hydroxyl groups excluding tert-OH is 1. The summed E-state index contributed by atoms with van der Waals surface area (Å²) in [5, 5.41) is 9.60. The Hall–Kier alpha value is -0.320. The molecule has 1 aromatic heterocycles. The van der Waals surface area contributed by atoms with E-state index in [1.807, 2.05) is 6.92 Å². The SMILES string of the molecule is CCCOCC(O)c1ccoc1Br. The lowest BCUT2D eigenvalue weighted by atomic mass is 10.2. The summed E-state index contributed by atoms with van der Waals surface area (Å²) in [6.07, 6.45) is 1.88. The fourth-order valence-electron chi connectivity index (χ4n) is 0.972. The summed E-state index contributed by atoms with van der Waals surface area (Å²) < 4.78 is 10.8. The molecule has 13 heavy (non-hydrogen) atoms. The van der Waals surface area contributed by atoms with Gasteiger partial charge in [0.15, 0.2) is 4.67 Å². The second-order valence-corrected chi connectivity index (χ2v) is 3.46. The van der Waals surface area contributed by atoms with Gasteiger partial charge in [-0.25, -0.2) is 0 Å². The van der Waals surface area contributed by atoms with Crippen molar-refractivity contribution < 1.29 is 14.3 Å². The van der Waals surface area contributed by atoms with Crippen LogP contribution in [0, 0.1) is 0 Å². The van der Waals surface area contributed by atoms with E-state index < -0.39 is 6.10 Å². The first-order valence-electron chi connectivity index (χ1n) is 4.24. The minimum atomic E-state index is -0.611. The van der Waals surface area contributed by atoms with Crippen molar-refractivity contribution in [1.82, 2.24) is 0 Å². The minimum Gasteiger partial charge on any atom is -0.457 e. The number of hydrogen-bond donors (Lipinski definition) is 1. The zero-order chi connectivity index (χ0) is 9.68. The molecule has 0 radical (unpaired) electrons. The van der Waals surface area contributed by atoms with Crippen LogP contribution in [-0.4, -0.2) is 18.3 Å². The molecule has 1 aromatic rings. The Balaban J connectivity index is 2.39. The molecule has 74 valence electrons. The lowest BCUT2D eigenvalue weighted by Crippen LogP contribution is -2.07. The largest absolute Gasteiger partial charge is 0.457 e. The predicted molar refractivity (Wildman–Crippen MR) is 52.5 cm³/mol. The Bertz CT molecular complexity index is 247. The summed E-state index contributed by atoms with van der Waals surface area (Å²) in [6, 6.07) is 1.73. The van der Waals surface area contributed by atoms with E-state index in [2.05, 4.69) is 15.9 Å². The Labute approximate surface area is 85.8 Å². The van der Waals surface area contributed by atoms with Crippen LogP contribution in [0.4, 0.5) is 0 Å². The smallest absolute Gasteiger partial charge is 0.174 e. The lowest BCUT2D eigenvalue weighted by molar-refractivity contribution is 0.0356. The van der Waals surface area contributed by atoms with Crippen molar-refractivity contribution in [3.63, 3.8) is 0 Å². The van der Waals surface area contributed by atoms with Gasteiger partial charge in [0.05, 0.1) is 12.9 Å². The van der Waals surface area contributed by atoms with Crippen LogP contribution in [0.1, 0.15) is 25.0 Å². The normalized spacial score (nSPS) is 13.2.